The van der Waals surface area contributed by atoms with Crippen molar-refractivity contribution < 1.29 is 21.7 Å². The van der Waals surface area contributed by atoms with Crippen molar-refractivity contribution in [3.8, 4) is 11.5 Å². The van der Waals surface area contributed by atoms with E-state index < -0.39 is 15.9 Å². The third kappa shape index (κ3) is 3.23. The summed E-state index contributed by atoms with van der Waals surface area (Å²) in [5, 5.41) is 0. The van der Waals surface area contributed by atoms with Crippen LogP contribution in [0.4, 0.5) is 4.39 Å². The summed E-state index contributed by atoms with van der Waals surface area (Å²) in [7, 11) is -2.51. The highest BCUT2D eigenvalue weighted by Crippen LogP contribution is 2.23. The first kappa shape index (κ1) is 13.4. The maximum atomic E-state index is 12.7. The Morgan fingerprint density at radius 2 is 1.63 bits per heavy atom. The van der Waals surface area contributed by atoms with Crippen LogP contribution in [0.25, 0.3) is 0 Å². The van der Waals surface area contributed by atoms with Gasteiger partial charge in [0.1, 0.15) is 22.2 Å². The zero-order valence-corrected chi connectivity index (χ0v) is 10.9. The maximum absolute atomic E-state index is 12.7. The van der Waals surface area contributed by atoms with Crippen LogP contribution in [0.1, 0.15) is 0 Å². The lowest BCUT2D eigenvalue weighted by molar-refractivity contribution is 0.411. The molecule has 2 aromatic rings. The van der Waals surface area contributed by atoms with Crippen LogP contribution < -0.4 is 8.92 Å². The van der Waals surface area contributed by atoms with E-state index in [1.165, 1.54) is 19.2 Å². The fourth-order valence-corrected chi connectivity index (χ4v) is 2.35. The molecule has 0 fully saturated rings. The molecule has 0 saturated carbocycles. The molecule has 0 atom stereocenters. The number of benzene rings is 2. The highest BCUT2D eigenvalue weighted by molar-refractivity contribution is 7.87. The Hall–Kier alpha value is -2.08. The van der Waals surface area contributed by atoms with Crippen LogP contribution in [0.2, 0.25) is 0 Å². The lowest BCUT2D eigenvalue weighted by Crippen LogP contribution is -2.09. The zero-order valence-electron chi connectivity index (χ0n) is 10.0. The second-order valence-corrected chi connectivity index (χ2v) is 5.22. The standard InChI is InChI=1S/C13H11FO4S/c1-17-11-3-2-4-12(9-11)18-19(15,16)13-7-5-10(14)6-8-13/h2-9H,1H3. The number of methoxy groups -OCH3 is 1. The number of ether oxygens (including phenoxy) is 1. The highest BCUT2D eigenvalue weighted by Gasteiger charge is 2.16. The van der Waals surface area contributed by atoms with Crippen LogP contribution in [0, 0.1) is 5.82 Å². The average Bonchev–Trinajstić information content (AvgIpc) is 2.39. The molecular weight excluding hydrogens is 271 g/mol. The summed E-state index contributed by atoms with van der Waals surface area (Å²) in [6.07, 6.45) is 0. The number of halogens is 1. The Morgan fingerprint density at radius 1 is 1.00 bits per heavy atom. The smallest absolute Gasteiger partial charge is 0.339 e. The van der Waals surface area contributed by atoms with E-state index in [0.717, 1.165) is 24.3 Å². The molecular formula is C13H11FO4S. The summed E-state index contributed by atoms with van der Waals surface area (Å²) >= 11 is 0. The monoisotopic (exact) mass is 282 g/mol. The van der Waals surface area contributed by atoms with E-state index in [0.29, 0.717) is 5.75 Å². The van der Waals surface area contributed by atoms with E-state index in [1.54, 1.807) is 12.1 Å². The van der Waals surface area contributed by atoms with Gasteiger partial charge in [0.2, 0.25) is 0 Å². The second-order valence-electron chi connectivity index (χ2n) is 3.67. The van der Waals surface area contributed by atoms with Crippen LogP contribution in [0.15, 0.2) is 53.4 Å². The van der Waals surface area contributed by atoms with Gasteiger partial charge in [0, 0.05) is 6.07 Å². The Bertz CT molecular complexity index is 665. The summed E-state index contributed by atoms with van der Waals surface area (Å²) in [5.74, 6) is 0.0933. The van der Waals surface area contributed by atoms with Crippen molar-refractivity contribution in [1.82, 2.24) is 0 Å². The van der Waals surface area contributed by atoms with Crippen molar-refractivity contribution in [2.45, 2.75) is 4.90 Å². The zero-order chi connectivity index (χ0) is 13.9. The first-order valence-corrected chi connectivity index (χ1v) is 6.76. The first-order chi connectivity index (χ1) is 9.01. The van der Waals surface area contributed by atoms with E-state index in [4.69, 9.17) is 8.92 Å². The van der Waals surface area contributed by atoms with Crippen LogP contribution >= 0.6 is 0 Å². The number of hydrogen-bond acceptors (Lipinski definition) is 4. The number of hydrogen-bond donors (Lipinski definition) is 0. The molecule has 0 aliphatic carbocycles. The van der Waals surface area contributed by atoms with E-state index in [9.17, 15) is 12.8 Å². The van der Waals surface area contributed by atoms with Crippen molar-refractivity contribution >= 4 is 10.1 Å². The van der Waals surface area contributed by atoms with Gasteiger partial charge in [0.05, 0.1) is 7.11 Å². The molecule has 0 spiro atoms. The molecule has 2 aromatic carbocycles. The van der Waals surface area contributed by atoms with E-state index in [-0.39, 0.29) is 10.6 Å². The highest BCUT2D eigenvalue weighted by atomic mass is 32.2. The minimum absolute atomic E-state index is 0.114. The molecule has 0 amide bonds. The molecule has 0 heterocycles. The van der Waals surface area contributed by atoms with Gasteiger partial charge in [-0.1, -0.05) is 6.07 Å². The average molecular weight is 282 g/mol. The quantitative estimate of drug-likeness (QED) is 0.809. The maximum Gasteiger partial charge on any atom is 0.339 e. The van der Waals surface area contributed by atoms with Gasteiger partial charge < -0.3 is 8.92 Å². The molecule has 0 N–H and O–H groups in total. The van der Waals surface area contributed by atoms with Crippen molar-refractivity contribution in [3.05, 3.63) is 54.3 Å². The van der Waals surface area contributed by atoms with Gasteiger partial charge in [-0.05, 0) is 36.4 Å². The van der Waals surface area contributed by atoms with Gasteiger partial charge in [-0.25, -0.2) is 4.39 Å². The predicted octanol–water partition coefficient (Wildman–Crippen LogP) is 2.60. The fourth-order valence-electron chi connectivity index (χ4n) is 1.43. The second kappa shape index (κ2) is 5.27. The van der Waals surface area contributed by atoms with Gasteiger partial charge in [0.25, 0.3) is 0 Å². The Balaban J connectivity index is 2.28. The molecule has 2 rings (SSSR count). The molecule has 0 bridgehead atoms. The topological polar surface area (TPSA) is 52.6 Å². The predicted molar refractivity (Wildman–Crippen MR) is 67.2 cm³/mol. The van der Waals surface area contributed by atoms with E-state index >= 15 is 0 Å². The van der Waals surface area contributed by atoms with Crippen LogP contribution in [-0.4, -0.2) is 15.5 Å². The van der Waals surface area contributed by atoms with Crippen LogP contribution in [-0.2, 0) is 10.1 Å². The molecule has 0 unspecified atom stereocenters. The van der Waals surface area contributed by atoms with Gasteiger partial charge in [-0.3, -0.25) is 0 Å². The largest absolute Gasteiger partial charge is 0.497 e. The summed E-state index contributed by atoms with van der Waals surface area (Å²) in [6.45, 7) is 0. The van der Waals surface area contributed by atoms with Gasteiger partial charge >= 0.3 is 10.1 Å². The minimum Gasteiger partial charge on any atom is -0.497 e. The summed E-state index contributed by atoms with van der Waals surface area (Å²) < 4.78 is 46.5. The van der Waals surface area contributed by atoms with Crippen LogP contribution in [0.3, 0.4) is 0 Å². The summed E-state index contributed by atoms with van der Waals surface area (Å²) in [5.41, 5.74) is 0. The molecule has 4 nitrogen and oxygen atoms in total. The first-order valence-electron chi connectivity index (χ1n) is 5.35. The molecule has 0 radical (unpaired) electrons. The fraction of sp³-hybridized carbons (Fsp3) is 0.0769. The van der Waals surface area contributed by atoms with Crippen molar-refractivity contribution in [1.29, 1.82) is 0 Å². The summed E-state index contributed by atoms with van der Waals surface area (Å²) in [6, 6.07) is 10.6. The minimum atomic E-state index is -3.98. The van der Waals surface area contributed by atoms with Gasteiger partial charge in [-0.2, -0.15) is 8.42 Å². The molecule has 0 saturated heterocycles. The lowest BCUT2D eigenvalue weighted by Gasteiger charge is -2.08. The Labute approximate surface area is 110 Å². The van der Waals surface area contributed by atoms with Crippen molar-refractivity contribution in [2.24, 2.45) is 0 Å². The third-order valence-corrected chi connectivity index (χ3v) is 3.61. The molecule has 0 aliphatic heterocycles. The van der Waals surface area contributed by atoms with Gasteiger partial charge in [0.15, 0.2) is 0 Å². The lowest BCUT2D eigenvalue weighted by atomic mass is 10.3. The van der Waals surface area contributed by atoms with Crippen LogP contribution in [0.5, 0.6) is 11.5 Å². The molecule has 100 valence electrons. The van der Waals surface area contributed by atoms with E-state index in [2.05, 4.69) is 0 Å². The molecule has 19 heavy (non-hydrogen) atoms. The Kier molecular flexibility index (Phi) is 3.71. The van der Waals surface area contributed by atoms with Gasteiger partial charge in [-0.15, -0.1) is 0 Å². The molecule has 0 aliphatic rings. The molecule has 6 heteroatoms. The Morgan fingerprint density at radius 3 is 2.26 bits per heavy atom. The normalized spacial score (nSPS) is 11.1. The number of rotatable bonds is 4. The third-order valence-electron chi connectivity index (χ3n) is 2.35. The molecule has 0 aromatic heterocycles. The van der Waals surface area contributed by atoms with Crippen molar-refractivity contribution in [3.63, 3.8) is 0 Å². The van der Waals surface area contributed by atoms with E-state index in [1.807, 2.05) is 0 Å². The SMILES string of the molecule is COc1cccc(OS(=O)(=O)c2ccc(F)cc2)c1. The summed E-state index contributed by atoms with van der Waals surface area (Å²) in [4.78, 5) is -0.114. The van der Waals surface area contributed by atoms with Crippen molar-refractivity contribution in [2.75, 3.05) is 7.11 Å².